The molecule has 0 spiro atoms. The van der Waals surface area contributed by atoms with E-state index in [1.54, 1.807) is 0 Å². The molecule has 12 nitrogen and oxygen atoms in total. The summed E-state index contributed by atoms with van der Waals surface area (Å²) in [6.07, 6.45) is 16.3. The van der Waals surface area contributed by atoms with Crippen LogP contribution in [0.5, 0.6) is 0 Å². The van der Waals surface area contributed by atoms with Gasteiger partial charge in [0.1, 0.15) is 24.4 Å². The Labute approximate surface area is 307 Å². The van der Waals surface area contributed by atoms with Gasteiger partial charge in [0.05, 0.1) is 11.2 Å². The summed E-state index contributed by atoms with van der Waals surface area (Å²) in [6, 6.07) is -0.337. The average Bonchev–Trinajstić information content (AvgIpc) is 3.93. The van der Waals surface area contributed by atoms with Crippen LogP contribution in [0.2, 0.25) is 0 Å². The number of ether oxygens (including phenoxy) is 4. The summed E-state index contributed by atoms with van der Waals surface area (Å²) in [6.45, 7) is 14.3. The first kappa shape index (κ1) is 38.1. The molecule has 286 valence electrons. The Morgan fingerprint density at radius 3 is 1.50 bits per heavy atom. The first-order chi connectivity index (χ1) is 25.0. The smallest absolute Gasteiger partial charge is 0.334 e. The Kier molecular flexibility index (Phi) is 12.1. The minimum absolute atomic E-state index is 0.0515. The van der Waals surface area contributed by atoms with Gasteiger partial charge in [-0.2, -0.15) is 0 Å². The van der Waals surface area contributed by atoms with Crippen molar-refractivity contribution in [2.75, 3.05) is 26.2 Å². The molecule has 6 rings (SSSR count). The van der Waals surface area contributed by atoms with E-state index in [2.05, 4.69) is 60.4 Å². The summed E-state index contributed by atoms with van der Waals surface area (Å²) in [5.41, 5.74) is 2.82. The predicted molar refractivity (Wildman–Crippen MR) is 195 cm³/mol. The Balaban J connectivity index is 0.779. The lowest BCUT2D eigenvalue weighted by Gasteiger charge is -2.20. The lowest BCUT2D eigenvalue weighted by molar-refractivity contribution is -0.140. The Bertz CT molecular complexity index is 1370. The first-order valence-corrected chi connectivity index (χ1v) is 19.5. The number of esters is 2. The molecule has 12 heteroatoms. The summed E-state index contributed by atoms with van der Waals surface area (Å²) in [7, 11) is 0. The number of epoxide rings is 2. The third-order valence-corrected chi connectivity index (χ3v) is 12.0. The fourth-order valence-electron chi connectivity index (χ4n) is 8.43. The highest BCUT2D eigenvalue weighted by Crippen LogP contribution is 2.51. The molecule has 4 amide bonds. The zero-order valence-corrected chi connectivity index (χ0v) is 31.0. The number of hydrogen-bond acceptors (Lipinski definition) is 8. The molecular weight excluding hydrogens is 664 g/mol. The molecule has 0 aromatic rings. The normalized spacial score (nSPS) is 35.8. The number of carbonyl (C=O) groups excluding carboxylic acids is 4. The van der Waals surface area contributed by atoms with Gasteiger partial charge in [0.15, 0.2) is 0 Å². The molecule has 0 saturated carbocycles. The number of unbranched alkanes of at least 4 members (excludes halogenated alkanes) is 5. The van der Waals surface area contributed by atoms with Crippen LogP contribution in [0.15, 0.2) is 47.6 Å². The average molecular weight is 723 g/mol. The maximum Gasteiger partial charge on any atom is 0.334 e. The van der Waals surface area contributed by atoms with Crippen LogP contribution < -0.4 is 21.3 Å². The molecule has 4 aliphatic heterocycles. The van der Waals surface area contributed by atoms with Gasteiger partial charge in [-0.1, -0.05) is 62.1 Å². The van der Waals surface area contributed by atoms with Crippen molar-refractivity contribution < 1.29 is 38.1 Å². The van der Waals surface area contributed by atoms with Crippen molar-refractivity contribution in [1.29, 1.82) is 0 Å². The lowest BCUT2D eigenvalue weighted by Crippen LogP contribution is -2.37. The van der Waals surface area contributed by atoms with Gasteiger partial charge in [-0.15, -0.1) is 0 Å². The standard InChI is InChI=1S/C40H58N4O8/c1-25-29-17-15-27(13-11-19-39(3)33(51-39)31(29)49-35(25)45)23-43-37(47)41-21-9-7-5-6-8-10-22-42-38(48)44-24-28-14-12-20-40(4)34(52-40)32-30(18-16-28)26(2)36(46)50-32/h13-14,29-34H,1-2,5-12,15-24H2,3-4H3,(H2,41,43,47)(H2,42,44,48)/b27-13+,28-14+/t29-,30-,31-,32-,33-,34-,39+,40+/m0/s1. The molecule has 6 aliphatic rings. The van der Waals surface area contributed by atoms with Gasteiger partial charge in [-0.05, 0) is 78.1 Å². The van der Waals surface area contributed by atoms with Crippen LogP contribution in [0.4, 0.5) is 9.59 Å². The highest BCUT2D eigenvalue weighted by Gasteiger charge is 2.62. The highest BCUT2D eigenvalue weighted by atomic mass is 16.7. The van der Waals surface area contributed by atoms with E-state index in [1.807, 2.05) is 0 Å². The molecule has 8 atom stereocenters. The van der Waals surface area contributed by atoms with Crippen LogP contribution in [0, 0.1) is 11.8 Å². The van der Waals surface area contributed by atoms with E-state index in [0.29, 0.717) is 37.3 Å². The molecule has 0 aromatic heterocycles. The summed E-state index contributed by atoms with van der Waals surface area (Å²) in [4.78, 5) is 49.4. The largest absolute Gasteiger partial charge is 0.455 e. The maximum absolute atomic E-state index is 12.5. The third kappa shape index (κ3) is 9.28. The van der Waals surface area contributed by atoms with Crippen molar-refractivity contribution in [3.05, 3.63) is 47.6 Å². The van der Waals surface area contributed by atoms with Crippen LogP contribution in [-0.2, 0) is 28.5 Å². The minimum atomic E-state index is -0.317. The lowest BCUT2D eigenvalue weighted by atomic mass is 9.84. The SMILES string of the molecule is C=C1C(=O)O[C@H]2[C@H]1CC/C(CNC(=O)NCCCCCCCCNC(=O)NC/C1=C/CC[C@@]3(C)O[C@H]3[C@H]3OC(=O)C(=C)[C@@H]3CC1)=C\CC[C@@]1(C)O[C@@H]21. The molecule has 0 radical (unpaired) electrons. The minimum Gasteiger partial charge on any atom is -0.455 e. The number of carbonyl (C=O) groups is 4. The second-order valence-corrected chi connectivity index (χ2v) is 15.9. The van der Waals surface area contributed by atoms with E-state index in [4.69, 9.17) is 18.9 Å². The predicted octanol–water partition coefficient (Wildman–Crippen LogP) is 5.44. The van der Waals surface area contributed by atoms with Crippen molar-refractivity contribution in [2.24, 2.45) is 11.8 Å². The van der Waals surface area contributed by atoms with E-state index in [-0.39, 0.29) is 71.5 Å². The molecule has 4 heterocycles. The fraction of sp³-hybridized carbons (Fsp3) is 0.700. The quantitative estimate of drug-likeness (QED) is 0.0644. The first-order valence-electron chi connectivity index (χ1n) is 19.5. The van der Waals surface area contributed by atoms with Crippen LogP contribution in [0.3, 0.4) is 0 Å². The topological polar surface area (TPSA) is 160 Å². The maximum atomic E-state index is 12.5. The summed E-state index contributed by atoms with van der Waals surface area (Å²) < 4.78 is 23.2. The molecular formula is C40H58N4O8. The van der Waals surface area contributed by atoms with Crippen molar-refractivity contribution in [3.63, 3.8) is 0 Å². The van der Waals surface area contributed by atoms with Crippen molar-refractivity contribution in [3.8, 4) is 0 Å². The van der Waals surface area contributed by atoms with E-state index in [1.165, 1.54) is 0 Å². The van der Waals surface area contributed by atoms with Gasteiger partial charge >= 0.3 is 24.0 Å². The fourth-order valence-corrected chi connectivity index (χ4v) is 8.43. The summed E-state index contributed by atoms with van der Waals surface area (Å²) in [5, 5.41) is 11.9. The molecule has 4 saturated heterocycles. The van der Waals surface area contributed by atoms with Gasteiger partial charge in [0.2, 0.25) is 0 Å². The van der Waals surface area contributed by atoms with E-state index >= 15 is 0 Å². The summed E-state index contributed by atoms with van der Waals surface area (Å²) in [5.74, 6) is -0.737. The molecule has 52 heavy (non-hydrogen) atoms. The highest BCUT2D eigenvalue weighted by molar-refractivity contribution is 5.91. The van der Waals surface area contributed by atoms with Gasteiger partial charge in [0.25, 0.3) is 0 Å². The molecule has 0 unspecified atom stereocenters. The van der Waals surface area contributed by atoms with E-state index < -0.39 is 0 Å². The third-order valence-electron chi connectivity index (χ3n) is 12.0. The van der Waals surface area contributed by atoms with Gasteiger partial charge in [0, 0.05) is 49.2 Å². The summed E-state index contributed by atoms with van der Waals surface area (Å²) >= 11 is 0. The second-order valence-electron chi connectivity index (χ2n) is 15.9. The second kappa shape index (κ2) is 16.6. The zero-order chi connectivity index (χ0) is 36.9. The van der Waals surface area contributed by atoms with E-state index in [0.717, 1.165) is 101 Å². The van der Waals surface area contributed by atoms with Gasteiger partial charge < -0.3 is 40.2 Å². The van der Waals surface area contributed by atoms with Crippen molar-refractivity contribution >= 4 is 24.0 Å². The van der Waals surface area contributed by atoms with Crippen molar-refractivity contribution in [2.45, 2.75) is 139 Å². The van der Waals surface area contributed by atoms with Gasteiger partial charge in [-0.25, -0.2) is 19.2 Å². The Morgan fingerprint density at radius 1 is 0.673 bits per heavy atom. The van der Waals surface area contributed by atoms with Crippen LogP contribution in [-0.4, -0.2) is 85.8 Å². The number of nitrogens with one attached hydrogen (secondary N) is 4. The number of rotatable bonds is 13. The van der Waals surface area contributed by atoms with Crippen LogP contribution >= 0.6 is 0 Å². The van der Waals surface area contributed by atoms with Crippen LogP contribution in [0.1, 0.15) is 104 Å². The zero-order valence-electron chi connectivity index (χ0n) is 31.0. The molecule has 0 bridgehead atoms. The van der Waals surface area contributed by atoms with Crippen LogP contribution in [0.25, 0.3) is 0 Å². The number of hydrogen-bond donors (Lipinski definition) is 4. The molecule has 4 N–H and O–H groups in total. The Hall–Kier alpha value is -3.64. The molecule has 4 fully saturated rings. The van der Waals surface area contributed by atoms with Crippen molar-refractivity contribution in [1.82, 2.24) is 21.3 Å². The monoisotopic (exact) mass is 722 g/mol. The van der Waals surface area contributed by atoms with Gasteiger partial charge in [-0.3, -0.25) is 0 Å². The number of fused-ring (bicyclic) bond motifs is 6. The number of amides is 4. The number of allylic oxidation sites excluding steroid dienone is 2. The Morgan fingerprint density at radius 2 is 1.08 bits per heavy atom. The molecule has 0 aromatic carbocycles. The number of urea groups is 2. The molecule has 2 aliphatic carbocycles. The van der Waals surface area contributed by atoms with E-state index in [9.17, 15) is 19.2 Å².